The van der Waals surface area contributed by atoms with Crippen LogP contribution in [0.1, 0.15) is 10.6 Å². The fourth-order valence-electron chi connectivity index (χ4n) is 2.46. The molecule has 0 saturated heterocycles. The number of nitrogens with zero attached hydrogens (tertiary/aromatic N) is 1. The Balaban J connectivity index is 1.87. The third-order valence-corrected chi connectivity index (χ3v) is 5.67. The summed E-state index contributed by atoms with van der Waals surface area (Å²) in [6.07, 6.45) is 0. The maximum atomic E-state index is 12.8. The predicted molar refractivity (Wildman–Crippen MR) is 109 cm³/mol. The molecule has 2 N–H and O–H groups in total. The second-order valence-corrected chi connectivity index (χ2v) is 7.86. The molecule has 12 heteroatoms. The number of carbonyl (C=O) groups excluding carboxylic acids is 1. The van der Waals surface area contributed by atoms with Crippen LogP contribution in [0, 0.1) is 10.1 Å². The third kappa shape index (κ3) is 4.53. The summed E-state index contributed by atoms with van der Waals surface area (Å²) in [5.74, 6) is -1.40. The Morgan fingerprint density at radius 1 is 1.17 bits per heavy atom. The highest BCUT2D eigenvalue weighted by atomic mass is 35.5. The molecule has 156 valence electrons. The van der Waals surface area contributed by atoms with Gasteiger partial charge in [-0.05, 0) is 36.4 Å². The van der Waals surface area contributed by atoms with Crippen molar-refractivity contribution < 1.29 is 27.3 Å². The third-order valence-electron chi connectivity index (χ3n) is 3.83. The van der Waals surface area contributed by atoms with Gasteiger partial charge in [-0.2, -0.15) is 0 Å². The van der Waals surface area contributed by atoms with Crippen molar-refractivity contribution >= 4 is 44.8 Å². The van der Waals surface area contributed by atoms with E-state index in [9.17, 15) is 23.3 Å². The van der Waals surface area contributed by atoms with Gasteiger partial charge in [0.1, 0.15) is 15.6 Å². The molecule has 1 amide bonds. The van der Waals surface area contributed by atoms with E-state index in [1.54, 1.807) is 18.2 Å². The van der Waals surface area contributed by atoms with Gasteiger partial charge in [-0.25, -0.2) is 8.42 Å². The van der Waals surface area contributed by atoms with E-state index in [0.717, 1.165) is 18.2 Å². The summed E-state index contributed by atoms with van der Waals surface area (Å²) in [5, 5.41) is 13.0. The number of ether oxygens (including phenoxy) is 1. The molecule has 0 aliphatic carbocycles. The molecule has 0 unspecified atom stereocenters. The van der Waals surface area contributed by atoms with Gasteiger partial charge >= 0.3 is 5.88 Å². The van der Waals surface area contributed by atoms with Crippen LogP contribution in [-0.2, 0) is 10.0 Å². The molecule has 10 nitrogen and oxygen atoms in total. The quantitative estimate of drug-likeness (QED) is 0.409. The van der Waals surface area contributed by atoms with Crippen LogP contribution in [0.2, 0.25) is 5.02 Å². The number of furan rings is 1. The van der Waals surface area contributed by atoms with Crippen LogP contribution in [0.4, 0.5) is 17.3 Å². The van der Waals surface area contributed by atoms with E-state index in [1.807, 2.05) is 0 Å². The van der Waals surface area contributed by atoms with E-state index < -0.39 is 26.7 Å². The second-order valence-electron chi connectivity index (χ2n) is 5.80. The van der Waals surface area contributed by atoms with Gasteiger partial charge in [0.05, 0.1) is 23.9 Å². The molecule has 30 heavy (non-hydrogen) atoms. The Bertz CT molecular complexity index is 1220. The van der Waals surface area contributed by atoms with Crippen molar-refractivity contribution in [2.24, 2.45) is 0 Å². The number of hydrogen-bond acceptors (Lipinski definition) is 7. The summed E-state index contributed by atoms with van der Waals surface area (Å²) in [6, 6.07) is 12.4. The van der Waals surface area contributed by atoms with Crippen LogP contribution in [0.25, 0.3) is 0 Å². The largest absolute Gasteiger partial charge is 0.495 e. The maximum absolute atomic E-state index is 12.8. The molecule has 0 aliphatic heterocycles. The van der Waals surface area contributed by atoms with Gasteiger partial charge in [0.2, 0.25) is 0 Å². The molecule has 0 atom stereocenters. The normalized spacial score (nSPS) is 11.0. The summed E-state index contributed by atoms with van der Waals surface area (Å²) >= 11 is 6.06. The van der Waals surface area contributed by atoms with Gasteiger partial charge in [-0.15, -0.1) is 0 Å². The maximum Gasteiger partial charge on any atom is 0.433 e. The number of rotatable bonds is 7. The molecule has 3 aromatic rings. The number of carbonyl (C=O) groups is 1. The Hall–Kier alpha value is -3.57. The molecular formula is C18H14ClN3O7S. The van der Waals surface area contributed by atoms with Crippen molar-refractivity contribution in [2.75, 3.05) is 17.1 Å². The lowest BCUT2D eigenvalue weighted by molar-refractivity contribution is -0.402. The highest BCUT2D eigenvalue weighted by molar-refractivity contribution is 7.92. The summed E-state index contributed by atoms with van der Waals surface area (Å²) in [7, 11) is -2.73. The molecule has 0 fully saturated rings. The Kier molecular flexibility index (Phi) is 5.94. The highest BCUT2D eigenvalue weighted by Gasteiger charge is 2.22. The first-order valence-electron chi connectivity index (χ1n) is 8.22. The van der Waals surface area contributed by atoms with E-state index >= 15 is 0 Å². The topological polar surface area (TPSA) is 141 Å². The molecule has 0 aliphatic rings. The monoisotopic (exact) mass is 451 g/mol. The molecule has 0 saturated carbocycles. The zero-order valence-electron chi connectivity index (χ0n) is 15.3. The summed E-state index contributed by atoms with van der Waals surface area (Å²) in [6.45, 7) is 0. The van der Waals surface area contributed by atoms with Crippen LogP contribution in [-0.4, -0.2) is 26.4 Å². The number of hydrogen-bond donors (Lipinski definition) is 2. The first-order valence-corrected chi connectivity index (χ1v) is 10.1. The first kappa shape index (κ1) is 21.1. The Morgan fingerprint density at radius 3 is 2.57 bits per heavy atom. The standard InChI is InChI=1S/C18H14ClN3O7S/c1-28-14-5-3-2-4-13(14)21-30(26,27)16-10-11(6-7-12(16)19)20-18(23)15-8-9-17(29-15)22(24)25/h2-10,21H,1H3,(H,20,23). The molecule has 0 bridgehead atoms. The van der Waals surface area contributed by atoms with Crippen molar-refractivity contribution in [2.45, 2.75) is 4.90 Å². The van der Waals surface area contributed by atoms with Gasteiger partial charge in [-0.1, -0.05) is 23.7 Å². The van der Waals surface area contributed by atoms with Gasteiger partial charge < -0.3 is 14.5 Å². The number of nitro groups is 1. The van der Waals surface area contributed by atoms with Crippen LogP contribution >= 0.6 is 11.6 Å². The lowest BCUT2D eigenvalue weighted by atomic mass is 10.3. The van der Waals surface area contributed by atoms with Gasteiger partial charge in [0.15, 0.2) is 5.76 Å². The van der Waals surface area contributed by atoms with Crippen molar-refractivity contribution in [1.29, 1.82) is 0 Å². The summed E-state index contributed by atoms with van der Waals surface area (Å²) < 4.78 is 38.0. The van der Waals surface area contributed by atoms with E-state index in [0.29, 0.717) is 5.75 Å². The average Bonchev–Trinajstić information content (AvgIpc) is 3.20. The molecule has 3 rings (SSSR count). The van der Waals surface area contributed by atoms with E-state index in [1.165, 1.54) is 25.3 Å². The molecule has 0 radical (unpaired) electrons. The summed E-state index contributed by atoms with van der Waals surface area (Å²) in [5.41, 5.74) is 0.289. The van der Waals surface area contributed by atoms with Crippen molar-refractivity contribution in [1.82, 2.24) is 0 Å². The van der Waals surface area contributed by atoms with Crippen LogP contribution in [0.15, 0.2) is 63.9 Å². The van der Waals surface area contributed by atoms with Gasteiger partial charge in [-0.3, -0.25) is 19.6 Å². The Morgan fingerprint density at radius 2 is 1.90 bits per heavy atom. The fourth-order valence-corrected chi connectivity index (χ4v) is 4.05. The number of methoxy groups -OCH3 is 1. The number of halogens is 1. The number of anilines is 2. The summed E-state index contributed by atoms with van der Waals surface area (Å²) in [4.78, 5) is 21.8. The molecule has 1 heterocycles. The van der Waals surface area contributed by atoms with E-state index in [2.05, 4.69) is 10.0 Å². The van der Waals surface area contributed by atoms with Crippen LogP contribution in [0.5, 0.6) is 5.75 Å². The number of nitrogens with one attached hydrogen (secondary N) is 2. The minimum absolute atomic E-state index is 0.0796. The van der Waals surface area contributed by atoms with Gasteiger partial charge in [0, 0.05) is 5.69 Å². The first-order chi connectivity index (χ1) is 14.2. The minimum Gasteiger partial charge on any atom is -0.495 e. The van der Waals surface area contributed by atoms with E-state index in [-0.39, 0.29) is 27.1 Å². The number of benzene rings is 2. The van der Waals surface area contributed by atoms with Crippen molar-refractivity contribution in [3.05, 3.63) is 75.5 Å². The SMILES string of the molecule is COc1ccccc1NS(=O)(=O)c1cc(NC(=O)c2ccc([N+](=O)[O-])o2)ccc1Cl. The average molecular weight is 452 g/mol. The van der Waals surface area contributed by atoms with Gasteiger partial charge in [0.25, 0.3) is 15.9 Å². The van der Waals surface area contributed by atoms with Crippen LogP contribution < -0.4 is 14.8 Å². The molecule has 2 aromatic carbocycles. The van der Waals surface area contributed by atoms with Crippen LogP contribution in [0.3, 0.4) is 0 Å². The van der Waals surface area contributed by atoms with Crippen molar-refractivity contribution in [3.8, 4) is 5.75 Å². The molecule has 1 aromatic heterocycles. The lowest BCUT2D eigenvalue weighted by Gasteiger charge is -2.13. The molecule has 0 spiro atoms. The highest BCUT2D eigenvalue weighted by Crippen LogP contribution is 2.30. The number of sulfonamides is 1. The zero-order chi connectivity index (χ0) is 21.9. The minimum atomic E-state index is -4.13. The second kappa shape index (κ2) is 8.43. The predicted octanol–water partition coefficient (Wildman–Crippen LogP) is 3.90. The van der Waals surface area contributed by atoms with Crippen molar-refractivity contribution in [3.63, 3.8) is 0 Å². The Labute approximate surface area is 175 Å². The smallest absolute Gasteiger partial charge is 0.433 e. The lowest BCUT2D eigenvalue weighted by Crippen LogP contribution is -2.16. The molecular weight excluding hydrogens is 438 g/mol. The number of amides is 1. The van der Waals surface area contributed by atoms with E-state index in [4.69, 9.17) is 20.8 Å². The number of para-hydroxylation sites is 2. The fraction of sp³-hybridized carbons (Fsp3) is 0.0556. The zero-order valence-corrected chi connectivity index (χ0v) is 16.9.